The van der Waals surface area contributed by atoms with Crippen LogP contribution in [0.2, 0.25) is 0 Å². The molecule has 25 heavy (non-hydrogen) atoms. The minimum Gasteiger partial charge on any atom is -0.374 e. The van der Waals surface area contributed by atoms with Crippen LogP contribution in [-0.2, 0) is 4.74 Å². The van der Waals surface area contributed by atoms with Crippen molar-refractivity contribution in [2.45, 2.75) is 43.4 Å². The average molecular weight is 358 g/mol. The Morgan fingerprint density at radius 1 is 1.04 bits per heavy atom. The molecule has 2 rings (SSSR count). The van der Waals surface area contributed by atoms with Gasteiger partial charge in [0.2, 0.25) is 0 Å². The number of benzene rings is 2. The summed E-state index contributed by atoms with van der Waals surface area (Å²) >= 11 is 1.71. The summed E-state index contributed by atoms with van der Waals surface area (Å²) in [6, 6.07) is 17.9. The smallest absolute Gasteiger partial charge is 0.252 e. The van der Waals surface area contributed by atoms with Crippen molar-refractivity contribution in [3.63, 3.8) is 0 Å². The molecule has 0 aliphatic rings. The molecule has 0 aliphatic heterocycles. The monoisotopic (exact) mass is 357 g/mol. The summed E-state index contributed by atoms with van der Waals surface area (Å²) < 4.78 is 5.84. The SMILES string of the molecule is CC(C)Sc1ccccc1C(=O)NCCCOC(C)c1ccccc1. The first-order valence-corrected chi connectivity index (χ1v) is 9.66. The van der Waals surface area contributed by atoms with E-state index in [0.717, 1.165) is 16.9 Å². The van der Waals surface area contributed by atoms with Gasteiger partial charge in [-0.2, -0.15) is 0 Å². The van der Waals surface area contributed by atoms with Crippen LogP contribution in [0.25, 0.3) is 0 Å². The van der Waals surface area contributed by atoms with E-state index in [1.54, 1.807) is 11.8 Å². The third kappa shape index (κ3) is 6.56. The van der Waals surface area contributed by atoms with Crippen LogP contribution in [0.5, 0.6) is 0 Å². The van der Waals surface area contributed by atoms with Gasteiger partial charge in [-0.15, -0.1) is 11.8 Å². The van der Waals surface area contributed by atoms with Crippen LogP contribution in [0.1, 0.15) is 49.2 Å². The number of thioether (sulfide) groups is 1. The second kappa shape index (κ2) is 10.3. The molecular weight excluding hydrogens is 330 g/mol. The van der Waals surface area contributed by atoms with Crippen LogP contribution in [0.4, 0.5) is 0 Å². The summed E-state index contributed by atoms with van der Waals surface area (Å²) in [6.45, 7) is 7.54. The molecule has 0 heterocycles. The van der Waals surface area contributed by atoms with Crippen LogP contribution in [0, 0.1) is 0 Å². The zero-order chi connectivity index (χ0) is 18.1. The van der Waals surface area contributed by atoms with Crippen LogP contribution >= 0.6 is 11.8 Å². The summed E-state index contributed by atoms with van der Waals surface area (Å²) in [4.78, 5) is 13.4. The standard InChI is InChI=1S/C21H27NO2S/c1-16(2)25-20-13-8-7-12-19(20)21(23)22-14-9-15-24-17(3)18-10-5-4-6-11-18/h4-8,10-13,16-17H,9,14-15H2,1-3H3,(H,22,23). The van der Waals surface area contributed by atoms with E-state index in [2.05, 4.69) is 31.3 Å². The maximum absolute atomic E-state index is 12.4. The number of carbonyl (C=O) groups excluding carboxylic acids is 1. The van der Waals surface area contributed by atoms with Gasteiger partial charge >= 0.3 is 0 Å². The van der Waals surface area contributed by atoms with Crippen molar-refractivity contribution < 1.29 is 9.53 Å². The molecule has 0 saturated carbocycles. The molecule has 1 amide bonds. The topological polar surface area (TPSA) is 38.3 Å². The third-order valence-corrected chi connectivity index (χ3v) is 4.82. The molecule has 1 unspecified atom stereocenters. The normalized spacial score (nSPS) is 12.2. The lowest BCUT2D eigenvalue weighted by Crippen LogP contribution is -2.26. The number of nitrogens with one attached hydrogen (secondary N) is 1. The van der Waals surface area contributed by atoms with Gasteiger partial charge in [0.05, 0.1) is 11.7 Å². The minimum atomic E-state index is -0.0140. The van der Waals surface area contributed by atoms with E-state index in [4.69, 9.17) is 4.74 Å². The third-order valence-electron chi connectivity index (χ3n) is 3.74. The zero-order valence-corrected chi connectivity index (χ0v) is 16.0. The molecule has 0 bridgehead atoms. The second-order valence-electron chi connectivity index (χ2n) is 6.20. The number of rotatable bonds is 9. The molecule has 2 aromatic carbocycles. The number of hydrogen-bond acceptors (Lipinski definition) is 3. The quantitative estimate of drug-likeness (QED) is 0.502. The Morgan fingerprint density at radius 2 is 1.72 bits per heavy atom. The van der Waals surface area contributed by atoms with E-state index in [1.165, 1.54) is 5.56 Å². The van der Waals surface area contributed by atoms with Gasteiger partial charge in [-0.1, -0.05) is 56.3 Å². The predicted octanol–water partition coefficient (Wildman–Crippen LogP) is 5.08. The van der Waals surface area contributed by atoms with E-state index < -0.39 is 0 Å². The summed E-state index contributed by atoms with van der Waals surface area (Å²) in [6.07, 6.45) is 0.864. The van der Waals surface area contributed by atoms with E-state index >= 15 is 0 Å². The molecule has 0 radical (unpaired) electrons. The van der Waals surface area contributed by atoms with E-state index in [1.807, 2.05) is 49.4 Å². The predicted molar refractivity (Wildman–Crippen MR) is 105 cm³/mol. The minimum absolute atomic E-state index is 0.0140. The number of hydrogen-bond donors (Lipinski definition) is 1. The average Bonchev–Trinajstić information content (AvgIpc) is 2.61. The Balaban J connectivity index is 1.74. The van der Waals surface area contributed by atoms with Crippen molar-refractivity contribution in [1.82, 2.24) is 5.32 Å². The van der Waals surface area contributed by atoms with Gasteiger partial charge in [0.1, 0.15) is 0 Å². The van der Waals surface area contributed by atoms with Crippen molar-refractivity contribution >= 4 is 17.7 Å². The van der Waals surface area contributed by atoms with Gasteiger partial charge < -0.3 is 10.1 Å². The highest BCUT2D eigenvalue weighted by Crippen LogP contribution is 2.26. The van der Waals surface area contributed by atoms with Crippen LogP contribution < -0.4 is 5.32 Å². The highest BCUT2D eigenvalue weighted by molar-refractivity contribution is 8.00. The van der Waals surface area contributed by atoms with Crippen molar-refractivity contribution in [2.24, 2.45) is 0 Å². The Labute approximate surface area is 155 Å². The van der Waals surface area contributed by atoms with Gasteiger partial charge in [-0.3, -0.25) is 4.79 Å². The summed E-state index contributed by atoms with van der Waals surface area (Å²) in [7, 11) is 0. The Kier molecular flexibility index (Phi) is 8.02. The lowest BCUT2D eigenvalue weighted by atomic mass is 10.1. The highest BCUT2D eigenvalue weighted by Gasteiger charge is 2.12. The fourth-order valence-electron chi connectivity index (χ4n) is 2.46. The molecule has 0 aromatic heterocycles. The van der Waals surface area contributed by atoms with E-state index in [9.17, 15) is 4.79 Å². The van der Waals surface area contributed by atoms with Crippen molar-refractivity contribution in [1.29, 1.82) is 0 Å². The Hall–Kier alpha value is -1.78. The van der Waals surface area contributed by atoms with E-state index in [0.29, 0.717) is 18.4 Å². The van der Waals surface area contributed by atoms with Crippen molar-refractivity contribution in [3.05, 3.63) is 65.7 Å². The summed E-state index contributed by atoms with van der Waals surface area (Å²) in [5.74, 6) is -0.0140. The van der Waals surface area contributed by atoms with E-state index in [-0.39, 0.29) is 12.0 Å². The summed E-state index contributed by atoms with van der Waals surface area (Å²) in [5.41, 5.74) is 1.92. The molecule has 2 aromatic rings. The van der Waals surface area contributed by atoms with Crippen molar-refractivity contribution in [2.75, 3.05) is 13.2 Å². The molecule has 0 aliphatic carbocycles. The maximum atomic E-state index is 12.4. The largest absolute Gasteiger partial charge is 0.374 e. The fourth-order valence-corrected chi connectivity index (χ4v) is 3.41. The zero-order valence-electron chi connectivity index (χ0n) is 15.2. The van der Waals surface area contributed by atoms with Crippen LogP contribution in [0.15, 0.2) is 59.5 Å². The Morgan fingerprint density at radius 3 is 2.44 bits per heavy atom. The first-order valence-electron chi connectivity index (χ1n) is 8.78. The molecular formula is C21H27NO2S. The second-order valence-corrected chi connectivity index (χ2v) is 7.81. The lowest BCUT2D eigenvalue weighted by molar-refractivity contribution is 0.0634. The van der Waals surface area contributed by atoms with Gasteiger partial charge in [-0.05, 0) is 31.0 Å². The fraction of sp³-hybridized carbons (Fsp3) is 0.381. The van der Waals surface area contributed by atoms with Gasteiger partial charge in [0.25, 0.3) is 5.91 Å². The molecule has 0 fully saturated rings. The van der Waals surface area contributed by atoms with Gasteiger partial charge in [0.15, 0.2) is 0 Å². The molecule has 134 valence electrons. The molecule has 3 nitrogen and oxygen atoms in total. The lowest BCUT2D eigenvalue weighted by Gasteiger charge is -2.14. The number of carbonyl (C=O) groups is 1. The molecule has 0 spiro atoms. The molecule has 1 N–H and O–H groups in total. The molecule has 0 saturated heterocycles. The molecule has 4 heteroatoms. The summed E-state index contributed by atoms with van der Waals surface area (Å²) in [5, 5.41) is 3.44. The number of ether oxygens (including phenoxy) is 1. The van der Waals surface area contributed by atoms with Crippen LogP contribution in [0.3, 0.4) is 0 Å². The highest BCUT2D eigenvalue weighted by atomic mass is 32.2. The Bertz CT molecular complexity index is 658. The van der Waals surface area contributed by atoms with Gasteiger partial charge in [-0.25, -0.2) is 0 Å². The number of amides is 1. The maximum Gasteiger partial charge on any atom is 0.252 e. The van der Waals surface area contributed by atoms with Crippen LogP contribution in [-0.4, -0.2) is 24.3 Å². The first-order chi connectivity index (χ1) is 12.1. The van der Waals surface area contributed by atoms with Gasteiger partial charge in [0, 0.05) is 23.3 Å². The first kappa shape index (κ1) is 19.5. The van der Waals surface area contributed by atoms with Crippen molar-refractivity contribution in [3.8, 4) is 0 Å². The molecule has 1 atom stereocenters.